The third-order valence-electron chi connectivity index (χ3n) is 2.98. The van der Waals surface area contributed by atoms with Gasteiger partial charge < -0.3 is 15.7 Å². The normalized spacial score (nSPS) is 13.1. The second kappa shape index (κ2) is 7.03. The molecule has 1 atom stereocenters. The number of aliphatic hydroxyl groups excluding tert-OH is 1. The lowest BCUT2D eigenvalue weighted by atomic mass is 9.92. The van der Waals surface area contributed by atoms with Crippen molar-refractivity contribution in [1.29, 1.82) is 0 Å². The summed E-state index contributed by atoms with van der Waals surface area (Å²) in [6.45, 7) is 4.66. The lowest BCUT2D eigenvalue weighted by Crippen LogP contribution is -2.42. The molecular weight excluding hydrogens is 308 g/mol. The molecule has 4 nitrogen and oxygen atoms in total. The van der Waals surface area contributed by atoms with Crippen LogP contribution in [-0.2, 0) is 4.79 Å². The van der Waals surface area contributed by atoms with E-state index in [1.807, 2.05) is 38.1 Å². The molecule has 0 fully saturated rings. The fraction of sp³-hybridized carbons (Fsp3) is 0.500. The van der Waals surface area contributed by atoms with E-state index in [9.17, 15) is 9.90 Å². The molecule has 0 aliphatic heterocycles. The molecule has 1 aromatic carbocycles. The van der Waals surface area contributed by atoms with Crippen LogP contribution in [0, 0.1) is 5.41 Å². The van der Waals surface area contributed by atoms with Crippen LogP contribution in [0.4, 0.5) is 0 Å². The zero-order valence-electron chi connectivity index (χ0n) is 11.5. The van der Waals surface area contributed by atoms with Gasteiger partial charge in [-0.1, -0.05) is 28.1 Å². The second-order valence-corrected chi connectivity index (χ2v) is 6.08. The summed E-state index contributed by atoms with van der Waals surface area (Å²) in [5.74, 6) is -0.0167. The van der Waals surface area contributed by atoms with E-state index in [1.165, 1.54) is 0 Å². The molecule has 0 saturated carbocycles. The molecule has 1 unspecified atom stereocenters. The van der Waals surface area contributed by atoms with Crippen molar-refractivity contribution in [1.82, 2.24) is 10.6 Å². The summed E-state index contributed by atoms with van der Waals surface area (Å²) in [5, 5.41) is 15.8. The van der Waals surface area contributed by atoms with Gasteiger partial charge in [0.25, 0.3) is 0 Å². The Morgan fingerprint density at radius 1 is 1.47 bits per heavy atom. The summed E-state index contributed by atoms with van der Waals surface area (Å²) in [5.41, 5.74) is 0.353. The summed E-state index contributed by atoms with van der Waals surface area (Å²) in [7, 11) is 1.63. The van der Waals surface area contributed by atoms with Gasteiger partial charge in [-0.2, -0.15) is 0 Å². The Hall–Kier alpha value is -0.910. The quantitative estimate of drug-likeness (QED) is 0.746. The molecule has 0 radical (unpaired) electrons. The lowest BCUT2D eigenvalue weighted by Gasteiger charge is -2.24. The highest BCUT2D eigenvalue weighted by Crippen LogP contribution is 2.18. The van der Waals surface area contributed by atoms with Gasteiger partial charge in [0.05, 0.1) is 11.5 Å². The van der Waals surface area contributed by atoms with Crippen molar-refractivity contribution in [2.75, 3.05) is 20.1 Å². The standard InChI is InChI=1S/C14H21BrN2O2/c1-14(2,13(19)16-3)9-17-8-12(18)10-5-4-6-11(15)7-10/h4-7,12,17-18H,8-9H2,1-3H3,(H,16,19). The minimum Gasteiger partial charge on any atom is -0.387 e. The van der Waals surface area contributed by atoms with E-state index in [-0.39, 0.29) is 5.91 Å². The van der Waals surface area contributed by atoms with E-state index in [0.29, 0.717) is 13.1 Å². The number of carbonyl (C=O) groups is 1. The maximum absolute atomic E-state index is 11.6. The van der Waals surface area contributed by atoms with Crippen molar-refractivity contribution in [3.8, 4) is 0 Å². The van der Waals surface area contributed by atoms with Crippen LogP contribution in [0.25, 0.3) is 0 Å². The van der Waals surface area contributed by atoms with Gasteiger partial charge in [-0.05, 0) is 31.5 Å². The number of nitrogens with one attached hydrogen (secondary N) is 2. The van der Waals surface area contributed by atoms with Crippen LogP contribution >= 0.6 is 15.9 Å². The molecule has 0 saturated heterocycles. The molecule has 1 amide bonds. The first-order valence-electron chi connectivity index (χ1n) is 6.23. The van der Waals surface area contributed by atoms with Gasteiger partial charge in [-0.15, -0.1) is 0 Å². The van der Waals surface area contributed by atoms with Crippen LogP contribution in [0.5, 0.6) is 0 Å². The molecule has 5 heteroatoms. The van der Waals surface area contributed by atoms with Crippen molar-refractivity contribution in [2.24, 2.45) is 5.41 Å². The Morgan fingerprint density at radius 2 is 2.16 bits per heavy atom. The number of carbonyl (C=O) groups excluding carboxylic acids is 1. The Bertz CT molecular complexity index is 435. The highest BCUT2D eigenvalue weighted by Gasteiger charge is 2.26. The average molecular weight is 329 g/mol. The first-order valence-corrected chi connectivity index (χ1v) is 7.02. The molecule has 0 aromatic heterocycles. The summed E-state index contributed by atoms with van der Waals surface area (Å²) >= 11 is 3.37. The van der Waals surface area contributed by atoms with Crippen molar-refractivity contribution < 1.29 is 9.90 Å². The molecule has 19 heavy (non-hydrogen) atoms. The fourth-order valence-electron chi connectivity index (χ4n) is 1.77. The average Bonchev–Trinajstić information content (AvgIpc) is 2.37. The van der Waals surface area contributed by atoms with Crippen molar-refractivity contribution in [2.45, 2.75) is 20.0 Å². The molecule has 0 bridgehead atoms. The molecule has 1 aromatic rings. The first kappa shape index (κ1) is 16.1. The highest BCUT2D eigenvalue weighted by atomic mass is 79.9. The monoisotopic (exact) mass is 328 g/mol. The van der Waals surface area contributed by atoms with Gasteiger partial charge in [-0.3, -0.25) is 4.79 Å². The van der Waals surface area contributed by atoms with E-state index in [4.69, 9.17) is 0 Å². The zero-order valence-corrected chi connectivity index (χ0v) is 13.1. The molecular formula is C14H21BrN2O2. The third-order valence-corrected chi connectivity index (χ3v) is 3.47. The Kier molecular flexibility index (Phi) is 5.97. The molecule has 0 spiro atoms. The number of rotatable bonds is 6. The van der Waals surface area contributed by atoms with E-state index >= 15 is 0 Å². The van der Waals surface area contributed by atoms with Gasteiger partial charge >= 0.3 is 0 Å². The molecule has 0 aliphatic carbocycles. The fourth-order valence-corrected chi connectivity index (χ4v) is 2.19. The number of hydrogen-bond donors (Lipinski definition) is 3. The Morgan fingerprint density at radius 3 is 2.74 bits per heavy atom. The molecule has 1 rings (SSSR count). The maximum Gasteiger partial charge on any atom is 0.226 e. The smallest absolute Gasteiger partial charge is 0.226 e. The van der Waals surface area contributed by atoms with Gasteiger partial charge in [-0.25, -0.2) is 0 Å². The molecule has 3 N–H and O–H groups in total. The predicted molar refractivity (Wildman–Crippen MR) is 79.8 cm³/mol. The number of benzene rings is 1. The predicted octanol–water partition coefficient (Wildman–Crippen LogP) is 1.84. The van der Waals surface area contributed by atoms with Crippen molar-refractivity contribution in [3.05, 3.63) is 34.3 Å². The second-order valence-electron chi connectivity index (χ2n) is 5.16. The van der Waals surface area contributed by atoms with Gasteiger partial charge in [0.15, 0.2) is 0 Å². The minimum atomic E-state index is -0.585. The maximum atomic E-state index is 11.6. The Balaban J connectivity index is 2.47. The topological polar surface area (TPSA) is 61.4 Å². The van der Waals surface area contributed by atoms with Gasteiger partial charge in [0, 0.05) is 24.6 Å². The van der Waals surface area contributed by atoms with E-state index < -0.39 is 11.5 Å². The van der Waals surface area contributed by atoms with Crippen LogP contribution in [0.1, 0.15) is 25.5 Å². The zero-order chi connectivity index (χ0) is 14.5. The molecule has 106 valence electrons. The van der Waals surface area contributed by atoms with Crippen molar-refractivity contribution >= 4 is 21.8 Å². The van der Waals surface area contributed by atoms with Crippen LogP contribution in [0.15, 0.2) is 28.7 Å². The van der Waals surface area contributed by atoms with E-state index in [2.05, 4.69) is 26.6 Å². The largest absolute Gasteiger partial charge is 0.387 e. The van der Waals surface area contributed by atoms with E-state index in [1.54, 1.807) is 7.05 Å². The third kappa shape index (κ3) is 4.93. The number of hydrogen-bond acceptors (Lipinski definition) is 3. The number of amides is 1. The van der Waals surface area contributed by atoms with Crippen LogP contribution in [-0.4, -0.2) is 31.2 Å². The summed E-state index contributed by atoms with van der Waals surface area (Å²) in [6.07, 6.45) is -0.585. The molecule has 0 aliphatic rings. The number of halogens is 1. The minimum absolute atomic E-state index is 0.0167. The van der Waals surface area contributed by atoms with Crippen molar-refractivity contribution in [3.63, 3.8) is 0 Å². The van der Waals surface area contributed by atoms with E-state index in [0.717, 1.165) is 10.0 Å². The SMILES string of the molecule is CNC(=O)C(C)(C)CNCC(O)c1cccc(Br)c1. The summed E-state index contributed by atoms with van der Waals surface area (Å²) < 4.78 is 0.940. The summed E-state index contributed by atoms with van der Waals surface area (Å²) in [4.78, 5) is 11.6. The van der Waals surface area contributed by atoms with Gasteiger partial charge in [0.2, 0.25) is 5.91 Å². The molecule has 0 heterocycles. The van der Waals surface area contributed by atoms with Crippen LogP contribution in [0.3, 0.4) is 0 Å². The number of aliphatic hydroxyl groups is 1. The summed E-state index contributed by atoms with van der Waals surface area (Å²) in [6, 6.07) is 7.56. The lowest BCUT2D eigenvalue weighted by molar-refractivity contribution is -0.128. The van der Waals surface area contributed by atoms with Crippen LogP contribution in [0.2, 0.25) is 0 Å². The van der Waals surface area contributed by atoms with Gasteiger partial charge in [0.1, 0.15) is 0 Å². The first-order chi connectivity index (χ1) is 8.86. The highest BCUT2D eigenvalue weighted by molar-refractivity contribution is 9.10. The van der Waals surface area contributed by atoms with Crippen LogP contribution < -0.4 is 10.6 Å². The Labute approximate surface area is 122 Å².